The molecule has 0 aromatic carbocycles. The van der Waals surface area contributed by atoms with Gasteiger partial charge < -0.3 is 9.47 Å². The number of hydrogen-bond donors (Lipinski definition) is 0. The minimum Gasteiger partial charge on any atom is -0.466 e. The molecule has 0 spiro atoms. The molecule has 1 aliphatic heterocycles. The first-order valence-corrected chi connectivity index (χ1v) is 6.86. The molecule has 0 amide bonds. The van der Waals surface area contributed by atoms with Gasteiger partial charge in [0.25, 0.3) is 0 Å². The van der Waals surface area contributed by atoms with Crippen LogP contribution in [0.2, 0.25) is 0 Å². The maximum Gasteiger partial charge on any atom is 0.313 e. The highest BCUT2D eigenvalue weighted by Gasteiger charge is 2.37. The molecular formula is C14H22O5. The van der Waals surface area contributed by atoms with Crippen LogP contribution in [0, 0.1) is 11.8 Å². The van der Waals surface area contributed by atoms with E-state index < -0.39 is 5.97 Å². The second-order valence-corrected chi connectivity index (χ2v) is 4.96. The summed E-state index contributed by atoms with van der Waals surface area (Å²) in [6.45, 7) is 4.10. The zero-order valence-electron chi connectivity index (χ0n) is 11.6. The number of carbonyl (C=O) groups excluding carboxylic acids is 3. The lowest BCUT2D eigenvalue weighted by molar-refractivity contribution is -0.145. The van der Waals surface area contributed by atoms with Gasteiger partial charge >= 0.3 is 11.9 Å². The predicted molar refractivity (Wildman–Crippen MR) is 68.3 cm³/mol. The smallest absolute Gasteiger partial charge is 0.313 e. The van der Waals surface area contributed by atoms with Crippen LogP contribution in [0.3, 0.4) is 0 Å². The van der Waals surface area contributed by atoms with Gasteiger partial charge in [0.15, 0.2) is 0 Å². The summed E-state index contributed by atoms with van der Waals surface area (Å²) in [5.74, 6) is 0.304. The van der Waals surface area contributed by atoms with E-state index in [1.165, 1.54) is 26.2 Å². The number of hydrogen-bond acceptors (Lipinski definition) is 5. The summed E-state index contributed by atoms with van der Waals surface area (Å²) < 4.78 is 9.45. The van der Waals surface area contributed by atoms with Gasteiger partial charge in [0.1, 0.15) is 12.2 Å². The van der Waals surface area contributed by atoms with Gasteiger partial charge in [0.2, 0.25) is 0 Å². The topological polar surface area (TPSA) is 69.7 Å². The lowest BCUT2D eigenvalue weighted by Crippen LogP contribution is -2.19. The van der Waals surface area contributed by atoms with Crippen molar-refractivity contribution in [3.05, 3.63) is 0 Å². The number of ether oxygens (including phenoxy) is 2. The first kappa shape index (κ1) is 15.7. The van der Waals surface area contributed by atoms with Crippen molar-refractivity contribution in [2.75, 3.05) is 13.2 Å². The SMILES string of the molecule is CCOC(=O)CC(C)=O.O=C1OCC2CCCCC12. The van der Waals surface area contributed by atoms with Crippen molar-refractivity contribution in [2.45, 2.75) is 46.0 Å². The molecule has 0 N–H and O–H groups in total. The first-order chi connectivity index (χ1) is 9.04. The molecule has 108 valence electrons. The normalized spacial score (nSPS) is 24.6. The average molecular weight is 270 g/mol. The number of carbonyl (C=O) groups is 3. The van der Waals surface area contributed by atoms with Gasteiger partial charge in [-0.15, -0.1) is 0 Å². The Morgan fingerprint density at radius 3 is 2.58 bits per heavy atom. The quantitative estimate of drug-likeness (QED) is 0.578. The van der Waals surface area contributed by atoms with Crippen LogP contribution in [0.5, 0.6) is 0 Å². The van der Waals surface area contributed by atoms with E-state index in [9.17, 15) is 14.4 Å². The van der Waals surface area contributed by atoms with Crippen molar-refractivity contribution >= 4 is 17.7 Å². The van der Waals surface area contributed by atoms with E-state index in [1.54, 1.807) is 6.92 Å². The monoisotopic (exact) mass is 270 g/mol. The molecule has 0 bridgehead atoms. The molecule has 0 radical (unpaired) electrons. The number of rotatable bonds is 3. The zero-order chi connectivity index (χ0) is 14.3. The van der Waals surface area contributed by atoms with Gasteiger partial charge in [-0.25, -0.2) is 0 Å². The molecule has 2 unspecified atom stereocenters. The van der Waals surface area contributed by atoms with Gasteiger partial charge in [0, 0.05) is 5.92 Å². The molecule has 1 heterocycles. The van der Waals surface area contributed by atoms with E-state index in [0.717, 1.165) is 6.42 Å². The molecule has 2 rings (SSSR count). The van der Waals surface area contributed by atoms with Crippen LogP contribution in [0.25, 0.3) is 0 Å². The summed E-state index contributed by atoms with van der Waals surface area (Å²) in [5, 5.41) is 0. The third-order valence-corrected chi connectivity index (χ3v) is 3.35. The van der Waals surface area contributed by atoms with Gasteiger partial charge in [-0.3, -0.25) is 14.4 Å². The summed E-state index contributed by atoms with van der Waals surface area (Å²) in [5.41, 5.74) is 0. The fraction of sp³-hybridized carbons (Fsp3) is 0.786. The Bertz CT molecular complexity index is 337. The summed E-state index contributed by atoms with van der Waals surface area (Å²) >= 11 is 0. The van der Waals surface area contributed by atoms with E-state index in [2.05, 4.69) is 4.74 Å². The highest BCUT2D eigenvalue weighted by atomic mass is 16.5. The maximum atomic E-state index is 11.0. The van der Waals surface area contributed by atoms with Crippen molar-refractivity contribution < 1.29 is 23.9 Å². The largest absolute Gasteiger partial charge is 0.466 e. The van der Waals surface area contributed by atoms with E-state index in [0.29, 0.717) is 19.1 Å². The molecular weight excluding hydrogens is 248 g/mol. The molecule has 2 aliphatic rings. The molecule has 1 saturated carbocycles. The Kier molecular flexibility index (Phi) is 6.53. The number of ketones is 1. The molecule has 19 heavy (non-hydrogen) atoms. The van der Waals surface area contributed by atoms with Gasteiger partial charge in [-0.05, 0) is 26.7 Å². The third kappa shape index (κ3) is 5.41. The standard InChI is InChI=1S/C8H12O2.C6H10O3/c9-8-7-4-2-1-3-6(7)5-10-8;1-3-9-6(8)4-5(2)7/h6-7H,1-5H2;3-4H2,1-2H3. The van der Waals surface area contributed by atoms with E-state index in [1.807, 2.05) is 0 Å². The van der Waals surface area contributed by atoms with Crippen LogP contribution in [-0.4, -0.2) is 30.9 Å². The van der Waals surface area contributed by atoms with Crippen LogP contribution in [0.4, 0.5) is 0 Å². The highest BCUT2D eigenvalue weighted by molar-refractivity contribution is 5.94. The Morgan fingerprint density at radius 1 is 1.32 bits per heavy atom. The zero-order valence-corrected chi connectivity index (χ0v) is 11.6. The minimum absolute atomic E-state index is 0.0599. The van der Waals surface area contributed by atoms with Crippen molar-refractivity contribution in [2.24, 2.45) is 11.8 Å². The van der Waals surface area contributed by atoms with E-state index >= 15 is 0 Å². The Labute approximate surface area is 113 Å². The number of cyclic esters (lactones) is 1. The van der Waals surface area contributed by atoms with Gasteiger partial charge in [-0.2, -0.15) is 0 Å². The molecule has 2 atom stereocenters. The Balaban J connectivity index is 0.000000192. The highest BCUT2D eigenvalue weighted by Crippen LogP contribution is 2.35. The van der Waals surface area contributed by atoms with E-state index in [4.69, 9.17) is 4.74 Å². The lowest BCUT2D eigenvalue weighted by Gasteiger charge is -2.19. The fourth-order valence-electron chi connectivity index (χ4n) is 2.43. The Morgan fingerprint density at radius 2 is 2.00 bits per heavy atom. The Hall–Kier alpha value is -1.39. The van der Waals surface area contributed by atoms with Crippen molar-refractivity contribution in [3.63, 3.8) is 0 Å². The third-order valence-electron chi connectivity index (χ3n) is 3.35. The molecule has 1 saturated heterocycles. The fourth-order valence-corrected chi connectivity index (χ4v) is 2.43. The van der Waals surface area contributed by atoms with Crippen molar-refractivity contribution in [1.29, 1.82) is 0 Å². The molecule has 5 nitrogen and oxygen atoms in total. The molecule has 1 aliphatic carbocycles. The van der Waals surface area contributed by atoms with Crippen LogP contribution in [0.15, 0.2) is 0 Å². The molecule has 5 heteroatoms. The van der Waals surface area contributed by atoms with Crippen LogP contribution >= 0.6 is 0 Å². The summed E-state index contributed by atoms with van der Waals surface area (Å²) in [7, 11) is 0. The van der Waals surface area contributed by atoms with Crippen molar-refractivity contribution in [3.8, 4) is 0 Å². The first-order valence-electron chi connectivity index (χ1n) is 6.86. The summed E-state index contributed by atoms with van der Waals surface area (Å²) in [6.07, 6.45) is 4.68. The van der Waals surface area contributed by atoms with Gasteiger partial charge in [-0.1, -0.05) is 12.8 Å². The van der Waals surface area contributed by atoms with Crippen LogP contribution < -0.4 is 0 Å². The summed E-state index contributed by atoms with van der Waals surface area (Å²) in [4.78, 5) is 31.6. The second kappa shape index (κ2) is 7.92. The summed E-state index contributed by atoms with van der Waals surface area (Å²) in [6, 6.07) is 0. The number of Topliss-reactive ketones (excluding diaryl/α,β-unsaturated/α-hetero) is 1. The number of fused-ring (bicyclic) bond motifs is 1. The van der Waals surface area contributed by atoms with Gasteiger partial charge in [0.05, 0.1) is 19.1 Å². The minimum atomic E-state index is -0.440. The number of esters is 2. The van der Waals surface area contributed by atoms with Crippen LogP contribution in [-0.2, 0) is 23.9 Å². The second-order valence-electron chi connectivity index (χ2n) is 4.96. The van der Waals surface area contributed by atoms with Crippen molar-refractivity contribution in [1.82, 2.24) is 0 Å². The average Bonchev–Trinajstić information content (AvgIpc) is 2.72. The predicted octanol–water partition coefficient (Wildman–Crippen LogP) is 1.88. The van der Waals surface area contributed by atoms with E-state index in [-0.39, 0.29) is 24.1 Å². The molecule has 0 aromatic heterocycles. The molecule has 0 aromatic rings. The molecule has 2 fully saturated rings. The van der Waals surface area contributed by atoms with Crippen LogP contribution in [0.1, 0.15) is 46.0 Å². The lowest BCUT2D eigenvalue weighted by atomic mass is 9.81. The maximum absolute atomic E-state index is 11.0.